The number of carbonyl (C=O) groups excluding carboxylic acids is 2. The zero-order valence-electron chi connectivity index (χ0n) is 14.6. The van der Waals surface area contributed by atoms with Crippen molar-refractivity contribution in [3.8, 4) is 5.75 Å². The average Bonchev–Trinajstić information content (AvgIpc) is 3.45. The molecule has 0 unspecified atom stereocenters. The molecule has 0 bridgehead atoms. The van der Waals surface area contributed by atoms with Crippen LogP contribution in [0.3, 0.4) is 0 Å². The second-order valence-corrected chi connectivity index (χ2v) is 6.40. The number of benzene rings is 2. The van der Waals surface area contributed by atoms with Crippen molar-refractivity contribution >= 4 is 29.2 Å². The van der Waals surface area contributed by atoms with E-state index in [1.165, 1.54) is 0 Å². The third kappa shape index (κ3) is 5.85. The van der Waals surface area contributed by atoms with Gasteiger partial charge in [-0.1, -0.05) is 18.2 Å². The zero-order chi connectivity index (χ0) is 19.2. The summed E-state index contributed by atoms with van der Waals surface area (Å²) in [5.41, 5.74) is 1.74. The predicted octanol–water partition coefficient (Wildman–Crippen LogP) is 2.68. The highest BCUT2D eigenvalue weighted by molar-refractivity contribution is 5.94. The first kappa shape index (κ1) is 18.4. The van der Waals surface area contributed by atoms with E-state index in [9.17, 15) is 14.4 Å². The van der Waals surface area contributed by atoms with Crippen LogP contribution in [0.5, 0.6) is 5.75 Å². The third-order valence-corrected chi connectivity index (χ3v) is 3.99. The van der Waals surface area contributed by atoms with Crippen LogP contribution in [0.25, 0.3) is 0 Å². The number of amides is 2. The summed E-state index contributed by atoms with van der Waals surface area (Å²) in [6.45, 7) is -0.205. The maximum Gasteiger partial charge on any atom is 0.307 e. The van der Waals surface area contributed by atoms with Crippen molar-refractivity contribution in [3.63, 3.8) is 0 Å². The minimum absolute atomic E-state index is 0.00568. The smallest absolute Gasteiger partial charge is 0.307 e. The molecule has 2 aromatic rings. The second kappa shape index (κ2) is 8.35. The summed E-state index contributed by atoms with van der Waals surface area (Å²) in [6.07, 6.45) is 1.74. The van der Waals surface area contributed by atoms with Gasteiger partial charge in [0.25, 0.3) is 5.91 Å². The van der Waals surface area contributed by atoms with Gasteiger partial charge in [0.2, 0.25) is 5.91 Å². The molecule has 1 aliphatic carbocycles. The molecule has 1 fully saturated rings. The van der Waals surface area contributed by atoms with E-state index in [4.69, 9.17) is 9.84 Å². The summed E-state index contributed by atoms with van der Waals surface area (Å²) in [4.78, 5) is 34.6. The topological polar surface area (TPSA) is 105 Å². The lowest BCUT2D eigenvalue weighted by molar-refractivity contribution is -0.136. The highest BCUT2D eigenvalue weighted by atomic mass is 16.5. The van der Waals surface area contributed by atoms with Gasteiger partial charge in [0, 0.05) is 23.4 Å². The van der Waals surface area contributed by atoms with Crippen LogP contribution in [0, 0.1) is 5.92 Å². The number of aliphatic carboxylic acids is 1. The van der Waals surface area contributed by atoms with Crippen molar-refractivity contribution in [2.75, 3.05) is 17.2 Å². The summed E-state index contributed by atoms with van der Waals surface area (Å²) in [5, 5.41) is 14.3. The Morgan fingerprint density at radius 1 is 1.00 bits per heavy atom. The SMILES string of the molecule is O=C(O)Cc1cccc(NC(=O)COc2cccc(NC(=O)C3CC3)c2)c1. The van der Waals surface area contributed by atoms with E-state index in [0.29, 0.717) is 22.7 Å². The molecule has 0 atom stereocenters. The van der Waals surface area contributed by atoms with Crippen LogP contribution in [-0.2, 0) is 20.8 Å². The summed E-state index contributed by atoms with van der Waals surface area (Å²) in [7, 11) is 0. The fourth-order valence-corrected chi connectivity index (χ4v) is 2.53. The molecule has 1 aliphatic rings. The van der Waals surface area contributed by atoms with Gasteiger partial charge in [-0.05, 0) is 42.7 Å². The second-order valence-electron chi connectivity index (χ2n) is 6.40. The maximum atomic E-state index is 12.1. The van der Waals surface area contributed by atoms with Crippen LogP contribution < -0.4 is 15.4 Å². The Morgan fingerprint density at radius 2 is 1.70 bits per heavy atom. The molecule has 0 spiro atoms. The van der Waals surface area contributed by atoms with Gasteiger partial charge in [0.15, 0.2) is 6.61 Å². The molecule has 0 saturated heterocycles. The minimum Gasteiger partial charge on any atom is -0.484 e. The number of hydrogen-bond donors (Lipinski definition) is 3. The lowest BCUT2D eigenvalue weighted by atomic mass is 10.1. The Hall–Kier alpha value is -3.35. The fourth-order valence-electron chi connectivity index (χ4n) is 2.53. The standard InChI is InChI=1S/C20H20N2O5/c23-18(21-15-4-1-3-13(9-15)10-19(24)25)12-27-17-6-2-5-16(11-17)22-20(26)14-7-8-14/h1-6,9,11,14H,7-8,10,12H2,(H,21,23)(H,22,26)(H,24,25). The number of nitrogens with one attached hydrogen (secondary N) is 2. The maximum absolute atomic E-state index is 12.1. The molecule has 0 heterocycles. The first-order chi connectivity index (χ1) is 13.0. The van der Waals surface area contributed by atoms with Gasteiger partial charge in [-0.15, -0.1) is 0 Å². The molecule has 0 radical (unpaired) electrons. The first-order valence-electron chi connectivity index (χ1n) is 8.64. The summed E-state index contributed by atoms with van der Waals surface area (Å²) in [6, 6.07) is 13.5. The van der Waals surface area contributed by atoms with Gasteiger partial charge in [-0.3, -0.25) is 14.4 Å². The number of carboxylic acids is 1. The predicted molar refractivity (Wildman–Crippen MR) is 99.7 cm³/mol. The van der Waals surface area contributed by atoms with Crippen molar-refractivity contribution in [2.45, 2.75) is 19.3 Å². The van der Waals surface area contributed by atoms with E-state index >= 15 is 0 Å². The van der Waals surface area contributed by atoms with E-state index in [1.54, 1.807) is 48.5 Å². The van der Waals surface area contributed by atoms with Gasteiger partial charge in [0.05, 0.1) is 6.42 Å². The van der Waals surface area contributed by atoms with Crippen molar-refractivity contribution < 1.29 is 24.2 Å². The quantitative estimate of drug-likeness (QED) is 0.664. The molecule has 140 valence electrons. The van der Waals surface area contributed by atoms with Gasteiger partial charge in [-0.2, -0.15) is 0 Å². The van der Waals surface area contributed by atoms with Crippen molar-refractivity contribution in [2.24, 2.45) is 5.92 Å². The monoisotopic (exact) mass is 368 g/mol. The number of rotatable bonds is 8. The van der Waals surface area contributed by atoms with Gasteiger partial charge < -0.3 is 20.5 Å². The Kier molecular flexibility index (Phi) is 5.71. The van der Waals surface area contributed by atoms with Crippen molar-refractivity contribution in [1.82, 2.24) is 0 Å². The molecule has 7 heteroatoms. The summed E-state index contributed by atoms with van der Waals surface area (Å²) in [5.74, 6) is -0.716. The molecular formula is C20H20N2O5. The minimum atomic E-state index is -0.935. The van der Waals surface area contributed by atoms with E-state index in [0.717, 1.165) is 12.8 Å². The Labute approximate surface area is 156 Å². The van der Waals surface area contributed by atoms with Crippen LogP contribution in [0.15, 0.2) is 48.5 Å². The van der Waals surface area contributed by atoms with Gasteiger partial charge >= 0.3 is 5.97 Å². The largest absolute Gasteiger partial charge is 0.484 e. The van der Waals surface area contributed by atoms with E-state index in [2.05, 4.69) is 10.6 Å². The lowest BCUT2D eigenvalue weighted by Crippen LogP contribution is -2.20. The number of hydrogen-bond acceptors (Lipinski definition) is 4. The van der Waals surface area contributed by atoms with Crippen molar-refractivity contribution in [3.05, 3.63) is 54.1 Å². The fraction of sp³-hybridized carbons (Fsp3) is 0.250. The Morgan fingerprint density at radius 3 is 2.41 bits per heavy atom. The van der Waals surface area contributed by atoms with Crippen LogP contribution >= 0.6 is 0 Å². The number of ether oxygens (including phenoxy) is 1. The number of anilines is 2. The number of carboxylic acid groups (broad SMARTS) is 1. The molecular weight excluding hydrogens is 348 g/mol. The van der Waals surface area contributed by atoms with E-state index in [-0.39, 0.29) is 30.8 Å². The van der Waals surface area contributed by atoms with E-state index in [1.807, 2.05) is 0 Å². The van der Waals surface area contributed by atoms with Crippen LogP contribution in [-0.4, -0.2) is 29.5 Å². The van der Waals surface area contributed by atoms with E-state index < -0.39 is 5.97 Å². The Balaban J connectivity index is 1.51. The first-order valence-corrected chi connectivity index (χ1v) is 8.64. The Bertz CT molecular complexity index is 861. The van der Waals surface area contributed by atoms with Crippen LogP contribution in [0.4, 0.5) is 11.4 Å². The number of carbonyl (C=O) groups is 3. The summed E-state index contributed by atoms with van der Waals surface area (Å²) >= 11 is 0. The lowest BCUT2D eigenvalue weighted by Gasteiger charge is -2.10. The molecule has 1 saturated carbocycles. The highest BCUT2D eigenvalue weighted by Gasteiger charge is 2.29. The zero-order valence-corrected chi connectivity index (χ0v) is 14.6. The molecule has 3 rings (SSSR count). The molecule has 27 heavy (non-hydrogen) atoms. The third-order valence-electron chi connectivity index (χ3n) is 3.99. The normalized spacial score (nSPS) is 12.9. The molecule has 2 aromatic carbocycles. The molecule has 0 aliphatic heterocycles. The van der Waals surface area contributed by atoms with Crippen molar-refractivity contribution in [1.29, 1.82) is 0 Å². The van der Waals surface area contributed by atoms with Crippen LogP contribution in [0.1, 0.15) is 18.4 Å². The van der Waals surface area contributed by atoms with Crippen LogP contribution in [0.2, 0.25) is 0 Å². The molecule has 3 N–H and O–H groups in total. The average molecular weight is 368 g/mol. The van der Waals surface area contributed by atoms with Gasteiger partial charge in [0.1, 0.15) is 5.75 Å². The summed E-state index contributed by atoms with van der Waals surface area (Å²) < 4.78 is 5.48. The molecule has 7 nitrogen and oxygen atoms in total. The highest BCUT2D eigenvalue weighted by Crippen LogP contribution is 2.30. The van der Waals surface area contributed by atoms with Gasteiger partial charge in [-0.25, -0.2) is 0 Å². The molecule has 0 aromatic heterocycles. The molecule has 2 amide bonds.